The van der Waals surface area contributed by atoms with Crippen LogP contribution in [0.4, 0.5) is 0 Å². The van der Waals surface area contributed by atoms with Gasteiger partial charge in [-0.15, -0.1) is 0 Å². The largest absolute Gasteiger partial charge is 0.394 e. The van der Waals surface area contributed by atoms with Crippen molar-refractivity contribution in [3.63, 3.8) is 0 Å². The lowest BCUT2D eigenvalue weighted by molar-refractivity contribution is -0.124. The third-order valence-electron chi connectivity index (χ3n) is 7.87. The van der Waals surface area contributed by atoms with Gasteiger partial charge in [0.05, 0.1) is 18.8 Å². The molecule has 0 aromatic heterocycles. The average Bonchev–Trinajstić information content (AvgIpc) is 2.94. The van der Waals surface area contributed by atoms with Crippen LogP contribution >= 0.6 is 0 Å². The molecule has 232 valence electrons. The summed E-state index contributed by atoms with van der Waals surface area (Å²) >= 11 is 0. The molecule has 0 fully saturated rings. The van der Waals surface area contributed by atoms with Crippen LogP contribution < -0.4 is 5.32 Å². The van der Waals surface area contributed by atoms with E-state index in [1.807, 2.05) is 0 Å². The highest BCUT2D eigenvalue weighted by atomic mass is 16.3. The third kappa shape index (κ3) is 25.8. The maximum Gasteiger partial charge on any atom is 0.220 e. The number of unbranched alkanes of at least 4 members (excludes halogenated alkanes) is 20. The minimum atomic E-state index is -1.15. The van der Waals surface area contributed by atoms with E-state index in [2.05, 4.69) is 31.3 Å². The Balaban J connectivity index is 3.76. The molecular formula is C34H67NO4. The second-order valence-electron chi connectivity index (χ2n) is 11.7. The molecule has 5 heteroatoms. The van der Waals surface area contributed by atoms with E-state index in [0.717, 1.165) is 38.5 Å². The molecule has 0 rings (SSSR count). The number of carbonyl (C=O) groups is 1. The van der Waals surface area contributed by atoms with Crippen LogP contribution in [0.25, 0.3) is 0 Å². The Bertz CT molecular complexity index is 539. The van der Waals surface area contributed by atoms with Crippen molar-refractivity contribution in [2.24, 2.45) is 0 Å². The van der Waals surface area contributed by atoms with Gasteiger partial charge in [-0.25, -0.2) is 0 Å². The summed E-state index contributed by atoms with van der Waals surface area (Å²) in [4.78, 5) is 12.3. The van der Waals surface area contributed by atoms with E-state index in [4.69, 9.17) is 0 Å². The Morgan fingerprint density at radius 2 is 1.03 bits per heavy atom. The second kappa shape index (κ2) is 30.1. The summed E-state index contributed by atoms with van der Waals surface area (Å²) < 4.78 is 0. The van der Waals surface area contributed by atoms with Crippen LogP contribution in [0.15, 0.2) is 12.2 Å². The fraction of sp³-hybridized carbons (Fsp3) is 0.912. The number of hydrogen-bond acceptors (Lipinski definition) is 4. The number of nitrogens with one attached hydrogen (secondary N) is 1. The van der Waals surface area contributed by atoms with Gasteiger partial charge in [-0.1, -0.05) is 142 Å². The Morgan fingerprint density at radius 3 is 1.49 bits per heavy atom. The number of allylic oxidation sites excluding steroid dienone is 2. The lowest BCUT2D eigenvalue weighted by Crippen LogP contribution is -2.50. The molecule has 0 spiro atoms. The van der Waals surface area contributed by atoms with Gasteiger partial charge in [0.2, 0.25) is 5.91 Å². The molecule has 0 radical (unpaired) electrons. The van der Waals surface area contributed by atoms with Crippen LogP contribution in [-0.4, -0.2) is 46.1 Å². The van der Waals surface area contributed by atoms with E-state index >= 15 is 0 Å². The van der Waals surface area contributed by atoms with Gasteiger partial charge in [0.25, 0.3) is 0 Å². The summed E-state index contributed by atoms with van der Waals surface area (Å²) in [7, 11) is 0. The maximum absolute atomic E-state index is 12.3. The normalized spacial score (nSPS) is 14.1. The first-order valence-electron chi connectivity index (χ1n) is 17.0. The van der Waals surface area contributed by atoms with Crippen LogP contribution in [0.1, 0.15) is 174 Å². The van der Waals surface area contributed by atoms with Crippen molar-refractivity contribution in [3.8, 4) is 0 Å². The lowest BCUT2D eigenvalue weighted by atomic mass is 10.0. The summed E-state index contributed by atoms with van der Waals surface area (Å²) in [5.41, 5.74) is 0. The molecule has 0 bridgehead atoms. The number of amides is 1. The van der Waals surface area contributed by atoms with Gasteiger partial charge in [0.1, 0.15) is 6.10 Å². The minimum absolute atomic E-state index is 0.156. The number of rotatable bonds is 30. The molecule has 5 nitrogen and oxygen atoms in total. The van der Waals surface area contributed by atoms with E-state index in [0.29, 0.717) is 12.8 Å². The molecule has 0 aromatic rings. The number of hydrogen-bond donors (Lipinski definition) is 4. The molecule has 4 N–H and O–H groups in total. The van der Waals surface area contributed by atoms with Gasteiger partial charge in [-0.3, -0.25) is 4.79 Å². The summed E-state index contributed by atoms with van der Waals surface area (Å²) in [6.07, 6.45) is 31.5. The first-order chi connectivity index (χ1) is 19.1. The van der Waals surface area contributed by atoms with Gasteiger partial charge < -0.3 is 20.6 Å². The van der Waals surface area contributed by atoms with Crippen molar-refractivity contribution < 1.29 is 20.1 Å². The van der Waals surface area contributed by atoms with Crippen LogP contribution in [0.2, 0.25) is 0 Å². The highest BCUT2D eigenvalue weighted by Crippen LogP contribution is 2.14. The maximum atomic E-state index is 12.3. The van der Waals surface area contributed by atoms with Gasteiger partial charge >= 0.3 is 0 Å². The zero-order chi connectivity index (χ0) is 28.8. The molecule has 0 aliphatic carbocycles. The average molecular weight is 554 g/mol. The zero-order valence-corrected chi connectivity index (χ0v) is 26.0. The molecule has 1 amide bonds. The Labute approximate surface area is 242 Å². The second-order valence-corrected chi connectivity index (χ2v) is 11.7. The van der Waals surface area contributed by atoms with Crippen molar-refractivity contribution >= 4 is 5.91 Å². The number of carbonyl (C=O) groups excluding carboxylic acids is 1. The molecule has 3 unspecified atom stereocenters. The first-order valence-corrected chi connectivity index (χ1v) is 17.0. The molecule has 0 saturated heterocycles. The van der Waals surface area contributed by atoms with Crippen molar-refractivity contribution in [1.82, 2.24) is 5.32 Å². The molecule has 3 atom stereocenters. The quantitative estimate of drug-likeness (QED) is 0.0530. The van der Waals surface area contributed by atoms with Crippen molar-refractivity contribution in [2.45, 2.75) is 193 Å². The van der Waals surface area contributed by atoms with Gasteiger partial charge in [0, 0.05) is 6.42 Å². The molecule has 0 aliphatic heterocycles. The highest BCUT2D eigenvalue weighted by molar-refractivity contribution is 5.76. The van der Waals surface area contributed by atoms with Crippen molar-refractivity contribution in [2.75, 3.05) is 6.61 Å². The smallest absolute Gasteiger partial charge is 0.220 e. The third-order valence-corrected chi connectivity index (χ3v) is 7.87. The van der Waals surface area contributed by atoms with E-state index in [1.54, 1.807) is 0 Å². The predicted molar refractivity (Wildman–Crippen MR) is 167 cm³/mol. The summed E-state index contributed by atoms with van der Waals surface area (Å²) in [5.74, 6) is -0.156. The van der Waals surface area contributed by atoms with Crippen LogP contribution in [-0.2, 0) is 4.79 Å². The van der Waals surface area contributed by atoms with Crippen LogP contribution in [0.3, 0.4) is 0 Å². The number of aliphatic hydroxyl groups is 3. The summed E-state index contributed by atoms with van der Waals surface area (Å²) in [6.45, 7) is 4.13. The van der Waals surface area contributed by atoms with Gasteiger partial charge in [-0.05, 0) is 38.5 Å². The highest BCUT2D eigenvalue weighted by Gasteiger charge is 2.26. The van der Waals surface area contributed by atoms with E-state index in [1.165, 1.54) is 109 Å². The van der Waals surface area contributed by atoms with Gasteiger partial charge in [-0.2, -0.15) is 0 Å². The molecular weight excluding hydrogens is 486 g/mol. The van der Waals surface area contributed by atoms with Crippen LogP contribution in [0, 0.1) is 0 Å². The standard InChI is InChI=1S/C34H67NO4/c1-3-5-7-9-11-13-15-17-18-20-22-24-26-28-32(37)34(39)31(30-36)35-33(38)29-27-25-23-21-19-16-14-12-10-8-6-4-2/h20,22,31-32,34,36-37,39H,3-19,21,23-30H2,1-2H3,(H,35,38)/b22-20+. The zero-order valence-electron chi connectivity index (χ0n) is 26.0. The SMILES string of the molecule is CCCCCCCCCC/C=C/CCCC(O)C(O)C(CO)NC(=O)CCCCCCCCCCCCCC. The minimum Gasteiger partial charge on any atom is -0.394 e. The van der Waals surface area contributed by atoms with E-state index in [-0.39, 0.29) is 12.5 Å². The molecule has 0 aromatic carbocycles. The molecule has 0 saturated carbocycles. The predicted octanol–water partition coefficient (Wildman–Crippen LogP) is 8.53. The first kappa shape index (κ1) is 38.1. The fourth-order valence-electron chi connectivity index (χ4n) is 5.16. The van der Waals surface area contributed by atoms with Crippen molar-refractivity contribution in [3.05, 3.63) is 12.2 Å². The lowest BCUT2D eigenvalue weighted by Gasteiger charge is -2.26. The van der Waals surface area contributed by atoms with E-state index in [9.17, 15) is 20.1 Å². The van der Waals surface area contributed by atoms with Crippen molar-refractivity contribution in [1.29, 1.82) is 0 Å². The Kier molecular flexibility index (Phi) is 29.4. The Hall–Kier alpha value is -0.910. The number of aliphatic hydroxyl groups excluding tert-OH is 3. The summed E-state index contributed by atoms with van der Waals surface area (Å²) in [5, 5.41) is 33.2. The monoisotopic (exact) mass is 554 g/mol. The topological polar surface area (TPSA) is 89.8 Å². The molecule has 0 aliphatic rings. The molecule has 0 heterocycles. The fourth-order valence-corrected chi connectivity index (χ4v) is 5.16. The van der Waals surface area contributed by atoms with Crippen LogP contribution in [0.5, 0.6) is 0 Å². The summed E-state index contributed by atoms with van der Waals surface area (Å²) in [6, 6.07) is -0.817. The van der Waals surface area contributed by atoms with E-state index < -0.39 is 18.2 Å². The molecule has 39 heavy (non-hydrogen) atoms. The van der Waals surface area contributed by atoms with Gasteiger partial charge in [0.15, 0.2) is 0 Å². The Morgan fingerprint density at radius 1 is 0.615 bits per heavy atom.